The van der Waals surface area contributed by atoms with Crippen LogP contribution in [0.3, 0.4) is 0 Å². The third-order valence-corrected chi connectivity index (χ3v) is 4.58. The van der Waals surface area contributed by atoms with Gasteiger partial charge in [0.25, 0.3) is 5.91 Å². The van der Waals surface area contributed by atoms with Crippen molar-refractivity contribution in [1.82, 2.24) is 10.6 Å². The van der Waals surface area contributed by atoms with Gasteiger partial charge in [-0.1, -0.05) is 47.5 Å². The van der Waals surface area contributed by atoms with E-state index in [1.165, 1.54) is 13.8 Å². The molecule has 0 bridgehead atoms. The van der Waals surface area contributed by atoms with Crippen LogP contribution >= 0.6 is 23.2 Å². The van der Waals surface area contributed by atoms with Crippen molar-refractivity contribution in [3.05, 3.63) is 69.7 Å². The Labute approximate surface area is 179 Å². The molecule has 2 aromatic carbocycles. The Kier molecular flexibility index (Phi) is 8.49. The standard InChI is InChI=1S/C21H22Cl2N2O4/c1-13(21(28)24-12-15-3-7-17(22)8-4-15)29-20(27)11-19(25-14(2)26)16-5-9-18(23)10-6-16/h3-10,13,19H,11-12H2,1-2H3,(H,24,28)(H,25,26). The molecule has 0 aliphatic carbocycles. The van der Waals surface area contributed by atoms with Gasteiger partial charge in [0.1, 0.15) is 0 Å². The zero-order valence-electron chi connectivity index (χ0n) is 16.1. The summed E-state index contributed by atoms with van der Waals surface area (Å²) in [5.74, 6) is -1.31. The summed E-state index contributed by atoms with van der Waals surface area (Å²) in [4.78, 5) is 36.0. The Morgan fingerprint density at radius 1 is 0.966 bits per heavy atom. The van der Waals surface area contributed by atoms with Crippen molar-refractivity contribution in [3.63, 3.8) is 0 Å². The fourth-order valence-electron chi connectivity index (χ4n) is 2.59. The number of benzene rings is 2. The topological polar surface area (TPSA) is 84.5 Å². The molecule has 0 spiro atoms. The van der Waals surface area contributed by atoms with Gasteiger partial charge in [-0.3, -0.25) is 14.4 Å². The van der Waals surface area contributed by atoms with Gasteiger partial charge in [-0.05, 0) is 42.3 Å². The van der Waals surface area contributed by atoms with E-state index in [4.69, 9.17) is 27.9 Å². The molecule has 0 aromatic heterocycles. The molecule has 2 unspecified atom stereocenters. The van der Waals surface area contributed by atoms with Crippen molar-refractivity contribution in [2.75, 3.05) is 0 Å². The van der Waals surface area contributed by atoms with E-state index in [0.29, 0.717) is 15.6 Å². The lowest BCUT2D eigenvalue weighted by atomic mass is 10.0. The maximum Gasteiger partial charge on any atom is 0.309 e. The van der Waals surface area contributed by atoms with Gasteiger partial charge in [0.15, 0.2) is 6.10 Å². The van der Waals surface area contributed by atoms with Gasteiger partial charge >= 0.3 is 5.97 Å². The van der Waals surface area contributed by atoms with Crippen LogP contribution in [0, 0.1) is 0 Å². The monoisotopic (exact) mass is 436 g/mol. The second-order valence-electron chi connectivity index (χ2n) is 6.49. The Bertz CT molecular complexity index is 854. The molecule has 154 valence electrons. The van der Waals surface area contributed by atoms with Crippen molar-refractivity contribution in [3.8, 4) is 0 Å². The molecule has 2 rings (SSSR count). The minimum Gasteiger partial charge on any atom is -0.452 e. The van der Waals surface area contributed by atoms with Gasteiger partial charge < -0.3 is 15.4 Å². The molecular weight excluding hydrogens is 415 g/mol. The molecular formula is C21H22Cl2N2O4. The second-order valence-corrected chi connectivity index (χ2v) is 7.36. The zero-order chi connectivity index (χ0) is 21.4. The van der Waals surface area contributed by atoms with Crippen LogP contribution in [0.5, 0.6) is 0 Å². The van der Waals surface area contributed by atoms with Gasteiger partial charge in [0.05, 0.1) is 12.5 Å². The van der Waals surface area contributed by atoms with Crippen molar-refractivity contribution in [2.45, 2.75) is 39.0 Å². The van der Waals surface area contributed by atoms with E-state index < -0.39 is 24.0 Å². The summed E-state index contributed by atoms with van der Waals surface area (Å²) in [6.07, 6.45) is -1.09. The molecule has 0 heterocycles. The predicted molar refractivity (Wildman–Crippen MR) is 111 cm³/mol. The lowest BCUT2D eigenvalue weighted by Gasteiger charge is -2.19. The summed E-state index contributed by atoms with van der Waals surface area (Å²) in [6, 6.07) is 13.2. The molecule has 2 aromatic rings. The van der Waals surface area contributed by atoms with Crippen LogP contribution in [0.4, 0.5) is 0 Å². The van der Waals surface area contributed by atoms with E-state index in [1.807, 2.05) is 0 Å². The summed E-state index contributed by atoms with van der Waals surface area (Å²) in [6.45, 7) is 3.14. The number of nitrogens with one attached hydrogen (secondary N) is 2. The number of carbonyl (C=O) groups excluding carboxylic acids is 3. The molecule has 0 aliphatic rings. The average Bonchev–Trinajstić information content (AvgIpc) is 2.67. The second kappa shape index (κ2) is 10.8. The van der Waals surface area contributed by atoms with E-state index in [0.717, 1.165) is 5.56 Å². The van der Waals surface area contributed by atoms with Gasteiger partial charge in [-0.15, -0.1) is 0 Å². The maximum absolute atomic E-state index is 12.3. The predicted octanol–water partition coefficient (Wildman–Crippen LogP) is 3.81. The molecule has 8 heteroatoms. The lowest BCUT2D eigenvalue weighted by Crippen LogP contribution is -2.36. The van der Waals surface area contributed by atoms with Crippen LogP contribution in [0.25, 0.3) is 0 Å². The van der Waals surface area contributed by atoms with E-state index >= 15 is 0 Å². The van der Waals surface area contributed by atoms with Crippen LogP contribution in [-0.4, -0.2) is 23.9 Å². The third-order valence-electron chi connectivity index (χ3n) is 4.08. The molecule has 2 N–H and O–H groups in total. The maximum atomic E-state index is 12.3. The highest BCUT2D eigenvalue weighted by Gasteiger charge is 2.22. The highest BCUT2D eigenvalue weighted by atomic mass is 35.5. The van der Waals surface area contributed by atoms with Crippen LogP contribution in [-0.2, 0) is 25.7 Å². The smallest absolute Gasteiger partial charge is 0.309 e. The van der Waals surface area contributed by atoms with Gasteiger partial charge in [0.2, 0.25) is 5.91 Å². The number of rotatable bonds is 8. The third kappa shape index (κ3) is 7.75. The SMILES string of the molecule is CC(=O)NC(CC(=O)OC(C)C(=O)NCc1ccc(Cl)cc1)c1ccc(Cl)cc1. The Morgan fingerprint density at radius 2 is 1.52 bits per heavy atom. The number of esters is 1. The number of halogens is 2. The molecule has 29 heavy (non-hydrogen) atoms. The molecule has 0 radical (unpaired) electrons. The first-order valence-electron chi connectivity index (χ1n) is 8.99. The number of hydrogen-bond donors (Lipinski definition) is 2. The first-order valence-corrected chi connectivity index (χ1v) is 9.74. The lowest BCUT2D eigenvalue weighted by molar-refractivity contribution is -0.155. The zero-order valence-corrected chi connectivity index (χ0v) is 17.6. The fourth-order valence-corrected chi connectivity index (χ4v) is 2.85. The van der Waals surface area contributed by atoms with Crippen LogP contribution in [0.1, 0.15) is 37.4 Å². The minimum absolute atomic E-state index is 0.115. The first-order chi connectivity index (χ1) is 13.7. The summed E-state index contributed by atoms with van der Waals surface area (Å²) in [7, 11) is 0. The highest BCUT2D eigenvalue weighted by Crippen LogP contribution is 2.20. The molecule has 0 fully saturated rings. The Morgan fingerprint density at radius 3 is 2.07 bits per heavy atom. The molecule has 0 saturated carbocycles. The van der Waals surface area contributed by atoms with Gasteiger partial charge in [0, 0.05) is 23.5 Å². The number of ether oxygens (including phenoxy) is 1. The number of hydrogen-bond acceptors (Lipinski definition) is 4. The first kappa shape index (κ1) is 22.7. The summed E-state index contributed by atoms with van der Waals surface area (Å²) in [5, 5.41) is 6.56. The molecule has 2 atom stereocenters. The normalized spacial score (nSPS) is 12.6. The van der Waals surface area contributed by atoms with Crippen LogP contribution in [0.15, 0.2) is 48.5 Å². The van der Waals surface area contributed by atoms with Crippen LogP contribution < -0.4 is 10.6 Å². The van der Waals surface area contributed by atoms with Crippen molar-refractivity contribution >= 4 is 41.0 Å². The Balaban J connectivity index is 1.90. The number of carbonyl (C=O) groups is 3. The number of amides is 2. The molecule has 6 nitrogen and oxygen atoms in total. The van der Waals surface area contributed by atoms with Crippen molar-refractivity contribution in [1.29, 1.82) is 0 Å². The van der Waals surface area contributed by atoms with E-state index in [-0.39, 0.29) is 18.9 Å². The summed E-state index contributed by atoms with van der Waals surface area (Å²) < 4.78 is 5.23. The van der Waals surface area contributed by atoms with Crippen molar-refractivity contribution < 1.29 is 19.1 Å². The summed E-state index contributed by atoms with van der Waals surface area (Å²) >= 11 is 11.7. The molecule has 0 saturated heterocycles. The minimum atomic E-state index is -0.974. The van der Waals surface area contributed by atoms with Gasteiger partial charge in [-0.25, -0.2) is 0 Å². The van der Waals surface area contributed by atoms with Crippen LogP contribution in [0.2, 0.25) is 10.0 Å². The quantitative estimate of drug-likeness (QED) is 0.616. The fraction of sp³-hybridized carbons (Fsp3) is 0.286. The van der Waals surface area contributed by atoms with E-state index in [2.05, 4.69) is 10.6 Å². The van der Waals surface area contributed by atoms with E-state index in [9.17, 15) is 14.4 Å². The average molecular weight is 437 g/mol. The summed E-state index contributed by atoms with van der Waals surface area (Å²) in [5.41, 5.74) is 1.58. The molecule has 2 amide bonds. The molecule has 0 aliphatic heterocycles. The van der Waals surface area contributed by atoms with Gasteiger partial charge in [-0.2, -0.15) is 0 Å². The van der Waals surface area contributed by atoms with E-state index in [1.54, 1.807) is 48.5 Å². The van der Waals surface area contributed by atoms with Crippen molar-refractivity contribution in [2.24, 2.45) is 0 Å². The Hall–Kier alpha value is -2.57. The highest BCUT2D eigenvalue weighted by molar-refractivity contribution is 6.30. The largest absolute Gasteiger partial charge is 0.452 e.